The molecule has 0 aliphatic carbocycles. The number of nitrogens with zero attached hydrogens (tertiary/aromatic N) is 1. The second-order valence-electron chi connectivity index (χ2n) is 5.79. The van der Waals surface area contributed by atoms with E-state index in [1.165, 1.54) is 11.1 Å². The third-order valence-electron chi connectivity index (χ3n) is 3.80. The molecule has 0 saturated carbocycles. The van der Waals surface area contributed by atoms with Gasteiger partial charge in [-0.15, -0.1) is 0 Å². The van der Waals surface area contributed by atoms with Gasteiger partial charge in [-0.25, -0.2) is 0 Å². The molecule has 0 spiro atoms. The molecule has 2 aromatic carbocycles. The van der Waals surface area contributed by atoms with Crippen LogP contribution >= 0.6 is 0 Å². The number of ether oxygens (including phenoxy) is 1. The minimum Gasteiger partial charge on any atom is -0.481 e. The molecule has 3 rings (SSSR count). The van der Waals surface area contributed by atoms with Crippen LogP contribution in [0.3, 0.4) is 0 Å². The number of hydrogen-bond donors (Lipinski definition) is 1. The highest BCUT2D eigenvalue weighted by molar-refractivity contribution is 5.94. The van der Waals surface area contributed by atoms with Crippen molar-refractivity contribution in [1.29, 1.82) is 0 Å². The molecule has 1 N–H and O–H groups in total. The maximum atomic E-state index is 12.2. The van der Waals surface area contributed by atoms with Crippen LogP contribution in [0, 0.1) is 0 Å². The van der Waals surface area contributed by atoms with E-state index < -0.39 is 6.10 Å². The molecular weight excluding hydrogens is 312 g/mol. The van der Waals surface area contributed by atoms with E-state index in [1.54, 1.807) is 19.3 Å². The van der Waals surface area contributed by atoms with Crippen LogP contribution in [0.2, 0.25) is 0 Å². The normalized spacial score (nSPS) is 11.6. The van der Waals surface area contributed by atoms with Crippen LogP contribution in [0.1, 0.15) is 18.1 Å². The van der Waals surface area contributed by atoms with Crippen LogP contribution in [0.25, 0.3) is 0 Å². The Kier molecular flexibility index (Phi) is 5.42. The Labute approximate surface area is 147 Å². The van der Waals surface area contributed by atoms with Crippen molar-refractivity contribution in [3.63, 3.8) is 0 Å². The molecule has 1 amide bonds. The molecule has 0 radical (unpaired) electrons. The van der Waals surface area contributed by atoms with Crippen molar-refractivity contribution >= 4 is 11.6 Å². The second kappa shape index (κ2) is 8.11. The van der Waals surface area contributed by atoms with Crippen molar-refractivity contribution in [3.05, 3.63) is 90.3 Å². The molecule has 0 aliphatic rings. The van der Waals surface area contributed by atoms with Crippen molar-refractivity contribution < 1.29 is 9.53 Å². The smallest absolute Gasteiger partial charge is 0.265 e. The minimum absolute atomic E-state index is 0.175. The molecule has 0 unspecified atom stereocenters. The molecule has 25 heavy (non-hydrogen) atoms. The molecule has 1 atom stereocenters. The van der Waals surface area contributed by atoms with Gasteiger partial charge in [0.15, 0.2) is 6.10 Å². The van der Waals surface area contributed by atoms with E-state index in [2.05, 4.69) is 10.3 Å². The molecule has 4 nitrogen and oxygen atoms in total. The minimum atomic E-state index is -0.570. The first-order valence-corrected chi connectivity index (χ1v) is 8.21. The van der Waals surface area contributed by atoms with Crippen LogP contribution in [-0.4, -0.2) is 17.0 Å². The summed E-state index contributed by atoms with van der Waals surface area (Å²) in [6, 6.07) is 21.2. The molecule has 126 valence electrons. The fourth-order valence-electron chi connectivity index (χ4n) is 2.44. The number of nitrogens with one attached hydrogen (secondary N) is 1. The number of hydrogen-bond acceptors (Lipinski definition) is 3. The lowest BCUT2D eigenvalue weighted by Gasteiger charge is -2.15. The fraction of sp³-hybridized carbons (Fsp3) is 0.143. The molecular formula is C21H20N2O2. The number of rotatable bonds is 6. The van der Waals surface area contributed by atoms with E-state index in [1.807, 2.05) is 66.7 Å². The molecule has 0 fully saturated rings. The van der Waals surface area contributed by atoms with Crippen molar-refractivity contribution in [2.45, 2.75) is 19.4 Å². The van der Waals surface area contributed by atoms with Gasteiger partial charge in [0, 0.05) is 18.1 Å². The van der Waals surface area contributed by atoms with E-state index >= 15 is 0 Å². The Morgan fingerprint density at radius 2 is 1.60 bits per heavy atom. The lowest BCUT2D eigenvalue weighted by Crippen LogP contribution is -2.30. The first-order chi connectivity index (χ1) is 12.2. The van der Waals surface area contributed by atoms with E-state index in [0.717, 1.165) is 12.1 Å². The highest BCUT2D eigenvalue weighted by Gasteiger charge is 2.14. The standard InChI is InChI=1S/C21H20N2O2/c1-16(25-20-5-3-2-4-6-20)21(24)23-19-9-7-17(8-10-19)15-18-11-13-22-14-12-18/h2-14,16H,15H2,1H3,(H,23,24)/t16-/m0/s1. The summed E-state index contributed by atoms with van der Waals surface area (Å²) in [5, 5.41) is 2.88. The second-order valence-corrected chi connectivity index (χ2v) is 5.79. The van der Waals surface area contributed by atoms with E-state index in [9.17, 15) is 4.79 Å². The highest BCUT2D eigenvalue weighted by Crippen LogP contribution is 2.15. The first-order valence-electron chi connectivity index (χ1n) is 8.21. The zero-order valence-corrected chi connectivity index (χ0v) is 14.1. The summed E-state index contributed by atoms with van der Waals surface area (Å²) in [5.41, 5.74) is 3.14. The molecule has 4 heteroatoms. The Morgan fingerprint density at radius 3 is 2.28 bits per heavy atom. The zero-order valence-electron chi connectivity index (χ0n) is 14.1. The van der Waals surface area contributed by atoms with Crippen molar-refractivity contribution in [2.75, 3.05) is 5.32 Å². The summed E-state index contributed by atoms with van der Waals surface area (Å²) < 4.78 is 5.63. The summed E-state index contributed by atoms with van der Waals surface area (Å²) in [4.78, 5) is 16.3. The van der Waals surface area contributed by atoms with E-state index in [4.69, 9.17) is 4.74 Å². The molecule has 0 saturated heterocycles. The number of benzene rings is 2. The van der Waals surface area contributed by atoms with Gasteiger partial charge in [0.2, 0.25) is 0 Å². The number of carbonyl (C=O) groups excluding carboxylic acids is 1. The van der Waals surface area contributed by atoms with Gasteiger partial charge in [-0.05, 0) is 60.9 Å². The van der Waals surface area contributed by atoms with Gasteiger partial charge < -0.3 is 10.1 Å². The third-order valence-corrected chi connectivity index (χ3v) is 3.80. The van der Waals surface area contributed by atoms with Crippen molar-refractivity contribution in [2.24, 2.45) is 0 Å². The summed E-state index contributed by atoms with van der Waals surface area (Å²) in [6.45, 7) is 1.74. The Hall–Kier alpha value is -3.14. The van der Waals surface area contributed by atoms with E-state index in [0.29, 0.717) is 5.75 Å². The van der Waals surface area contributed by atoms with Gasteiger partial charge in [0.05, 0.1) is 0 Å². The Balaban J connectivity index is 1.56. The van der Waals surface area contributed by atoms with Crippen molar-refractivity contribution in [3.8, 4) is 5.75 Å². The van der Waals surface area contributed by atoms with Gasteiger partial charge >= 0.3 is 0 Å². The monoisotopic (exact) mass is 332 g/mol. The number of amides is 1. The predicted octanol–water partition coefficient (Wildman–Crippen LogP) is 4.08. The van der Waals surface area contributed by atoms with Gasteiger partial charge in [-0.2, -0.15) is 0 Å². The van der Waals surface area contributed by atoms with E-state index in [-0.39, 0.29) is 5.91 Å². The Morgan fingerprint density at radius 1 is 0.960 bits per heavy atom. The number of carbonyl (C=O) groups is 1. The topological polar surface area (TPSA) is 51.2 Å². The molecule has 0 bridgehead atoms. The number of pyridine rings is 1. The number of para-hydroxylation sites is 1. The first kappa shape index (κ1) is 16.7. The maximum absolute atomic E-state index is 12.2. The zero-order chi connectivity index (χ0) is 17.5. The molecule has 3 aromatic rings. The van der Waals surface area contributed by atoms with Crippen LogP contribution in [0.4, 0.5) is 5.69 Å². The third kappa shape index (κ3) is 4.91. The van der Waals surface area contributed by atoms with Crippen LogP contribution in [0.5, 0.6) is 5.75 Å². The van der Waals surface area contributed by atoms with Gasteiger partial charge in [-0.1, -0.05) is 30.3 Å². The van der Waals surface area contributed by atoms with Crippen LogP contribution < -0.4 is 10.1 Å². The summed E-state index contributed by atoms with van der Waals surface area (Å²) in [7, 11) is 0. The number of anilines is 1. The summed E-state index contributed by atoms with van der Waals surface area (Å²) in [5.74, 6) is 0.503. The highest BCUT2D eigenvalue weighted by atomic mass is 16.5. The predicted molar refractivity (Wildman–Crippen MR) is 98.6 cm³/mol. The summed E-state index contributed by atoms with van der Waals surface area (Å²) in [6.07, 6.45) is 3.85. The van der Waals surface area contributed by atoms with Crippen LogP contribution in [-0.2, 0) is 11.2 Å². The lowest BCUT2D eigenvalue weighted by molar-refractivity contribution is -0.122. The SMILES string of the molecule is C[C@H](Oc1ccccc1)C(=O)Nc1ccc(Cc2ccncc2)cc1. The summed E-state index contributed by atoms with van der Waals surface area (Å²) >= 11 is 0. The lowest BCUT2D eigenvalue weighted by atomic mass is 10.1. The molecule has 0 aliphatic heterocycles. The quantitative estimate of drug-likeness (QED) is 0.740. The van der Waals surface area contributed by atoms with Gasteiger partial charge in [-0.3, -0.25) is 9.78 Å². The largest absolute Gasteiger partial charge is 0.481 e. The Bertz CT molecular complexity index is 802. The maximum Gasteiger partial charge on any atom is 0.265 e. The van der Waals surface area contributed by atoms with Gasteiger partial charge in [0.25, 0.3) is 5.91 Å². The van der Waals surface area contributed by atoms with Gasteiger partial charge in [0.1, 0.15) is 5.75 Å². The average Bonchev–Trinajstić information content (AvgIpc) is 2.65. The average molecular weight is 332 g/mol. The number of aromatic nitrogens is 1. The molecule has 1 heterocycles. The molecule has 1 aromatic heterocycles. The van der Waals surface area contributed by atoms with Crippen LogP contribution in [0.15, 0.2) is 79.1 Å². The fourth-order valence-corrected chi connectivity index (χ4v) is 2.44. The van der Waals surface area contributed by atoms with Crippen molar-refractivity contribution in [1.82, 2.24) is 4.98 Å².